The molecule has 9 heteroatoms. The molecule has 1 aliphatic heterocycles. The molecule has 0 aliphatic carbocycles. The SMILES string of the molecule is O=C(CCCCCCC1C(O)CCCN1NC(=O)c1cncnc1)NO. The number of aliphatic hydroxyl groups excluding tert-OH is 1. The number of hydrogen-bond acceptors (Lipinski definition) is 7. The lowest BCUT2D eigenvalue weighted by Crippen LogP contribution is -2.56. The number of aliphatic hydroxyl groups is 1. The van der Waals surface area contributed by atoms with Gasteiger partial charge in [0.2, 0.25) is 5.91 Å². The van der Waals surface area contributed by atoms with Gasteiger partial charge in [0.15, 0.2) is 0 Å². The smallest absolute Gasteiger partial charge is 0.268 e. The predicted molar refractivity (Wildman–Crippen MR) is 92.9 cm³/mol. The Morgan fingerprint density at radius 1 is 1.19 bits per heavy atom. The van der Waals surface area contributed by atoms with Crippen molar-refractivity contribution in [2.45, 2.75) is 63.5 Å². The first-order chi connectivity index (χ1) is 12.6. The number of aromatic nitrogens is 2. The lowest BCUT2D eigenvalue weighted by Gasteiger charge is -2.39. The molecule has 144 valence electrons. The Kier molecular flexibility index (Phi) is 8.39. The summed E-state index contributed by atoms with van der Waals surface area (Å²) in [4.78, 5) is 30.9. The molecule has 4 N–H and O–H groups in total. The third-order valence-corrected chi connectivity index (χ3v) is 4.59. The van der Waals surface area contributed by atoms with Gasteiger partial charge in [0.25, 0.3) is 5.91 Å². The van der Waals surface area contributed by atoms with Gasteiger partial charge < -0.3 is 5.11 Å². The molecular weight excluding hydrogens is 338 g/mol. The molecular formula is C17H27N5O4. The highest BCUT2D eigenvalue weighted by Gasteiger charge is 2.30. The third kappa shape index (κ3) is 6.32. The van der Waals surface area contributed by atoms with Crippen molar-refractivity contribution in [1.82, 2.24) is 25.9 Å². The van der Waals surface area contributed by atoms with E-state index in [0.29, 0.717) is 24.9 Å². The van der Waals surface area contributed by atoms with Gasteiger partial charge in [-0.3, -0.25) is 20.2 Å². The Labute approximate surface area is 152 Å². The maximum atomic E-state index is 12.3. The van der Waals surface area contributed by atoms with E-state index >= 15 is 0 Å². The Balaban J connectivity index is 1.78. The van der Waals surface area contributed by atoms with E-state index in [2.05, 4.69) is 15.4 Å². The average Bonchev–Trinajstić information content (AvgIpc) is 2.66. The third-order valence-electron chi connectivity index (χ3n) is 4.59. The Bertz CT molecular complexity index is 572. The zero-order valence-electron chi connectivity index (χ0n) is 14.8. The van der Waals surface area contributed by atoms with Crippen molar-refractivity contribution < 1.29 is 19.9 Å². The van der Waals surface area contributed by atoms with Crippen LogP contribution in [0.15, 0.2) is 18.7 Å². The lowest BCUT2D eigenvalue weighted by atomic mass is 9.95. The van der Waals surface area contributed by atoms with E-state index in [1.165, 1.54) is 18.7 Å². The largest absolute Gasteiger partial charge is 0.391 e. The standard InChI is InChI=1S/C17H27N5O4/c23-15-7-5-9-22(20-17(25)13-10-18-12-19-11-13)14(15)6-3-1-2-4-8-16(24)21-26/h10-12,14-15,23,26H,1-9H2,(H,20,25)(H,21,24). The second-order valence-electron chi connectivity index (χ2n) is 6.53. The highest BCUT2D eigenvalue weighted by Crippen LogP contribution is 2.21. The van der Waals surface area contributed by atoms with Gasteiger partial charge in [-0.1, -0.05) is 19.3 Å². The van der Waals surface area contributed by atoms with Gasteiger partial charge in [0.1, 0.15) is 6.33 Å². The van der Waals surface area contributed by atoms with Crippen molar-refractivity contribution in [3.63, 3.8) is 0 Å². The van der Waals surface area contributed by atoms with Crippen LogP contribution in [0.25, 0.3) is 0 Å². The molecule has 1 fully saturated rings. The topological polar surface area (TPSA) is 128 Å². The molecule has 26 heavy (non-hydrogen) atoms. The molecule has 2 rings (SSSR count). The average molecular weight is 365 g/mol. The summed E-state index contributed by atoms with van der Waals surface area (Å²) in [7, 11) is 0. The van der Waals surface area contributed by atoms with Gasteiger partial charge in [-0.05, 0) is 25.7 Å². The second kappa shape index (κ2) is 10.8. The zero-order valence-corrected chi connectivity index (χ0v) is 14.8. The van der Waals surface area contributed by atoms with Gasteiger partial charge in [0.05, 0.1) is 17.7 Å². The fraction of sp³-hybridized carbons (Fsp3) is 0.647. The summed E-state index contributed by atoms with van der Waals surface area (Å²) in [6, 6.07) is -0.127. The minimum Gasteiger partial charge on any atom is -0.391 e. The van der Waals surface area contributed by atoms with Crippen LogP contribution in [0.4, 0.5) is 0 Å². The summed E-state index contributed by atoms with van der Waals surface area (Å²) >= 11 is 0. The first kappa shape index (κ1) is 20.2. The first-order valence-electron chi connectivity index (χ1n) is 9.05. The Hall–Kier alpha value is -2.10. The van der Waals surface area contributed by atoms with Crippen LogP contribution in [0.3, 0.4) is 0 Å². The molecule has 1 saturated heterocycles. The molecule has 0 radical (unpaired) electrons. The van der Waals surface area contributed by atoms with Gasteiger partial charge in [-0.2, -0.15) is 0 Å². The van der Waals surface area contributed by atoms with Crippen molar-refractivity contribution in [2.75, 3.05) is 6.54 Å². The minimum atomic E-state index is -0.476. The van der Waals surface area contributed by atoms with Gasteiger partial charge >= 0.3 is 0 Å². The molecule has 2 amide bonds. The number of hydrogen-bond donors (Lipinski definition) is 4. The fourth-order valence-electron chi connectivity index (χ4n) is 3.18. The summed E-state index contributed by atoms with van der Waals surface area (Å²) in [6.45, 7) is 0.692. The first-order valence-corrected chi connectivity index (χ1v) is 9.05. The van der Waals surface area contributed by atoms with E-state index in [1.54, 1.807) is 5.48 Å². The summed E-state index contributed by atoms with van der Waals surface area (Å²) < 4.78 is 0. The van der Waals surface area contributed by atoms with E-state index in [-0.39, 0.29) is 17.9 Å². The number of amides is 2. The zero-order chi connectivity index (χ0) is 18.8. The molecule has 2 unspecified atom stereocenters. The van der Waals surface area contributed by atoms with Crippen molar-refractivity contribution in [1.29, 1.82) is 0 Å². The molecule has 0 bridgehead atoms. The van der Waals surface area contributed by atoms with Crippen LogP contribution in [-0.4, -0.2) is 55.8 Å². The number of rotatable bonds is 9. The van der Waals surface area contributed by atoms with Gasteiger partial charge in [-0.25, -0.2) is 20.5 Å². The highest BCUT2D eigenvalue weighted by atomic mass is 16.5. The summed E-state index contributed by atoms with van der Waals surface area (Å²) in [5.41, 5.74) is 4.87. The van der Waals surface area contributed by atoms with Gasteiger partial charge in [0, 0.05) is 25.4 Å². The molecule has 2 heterocycles. The molecule has 0 aromatic carbocycles. The van der Waals surface area contributed by atoms with E-state index in [9.17, 15) is 14.7 Å². The summed E-state index contributed by atoms with van der Waals surface area (Å²) in [6.07, 6.45) is 9.84. The molecule has 1 aromatic rings. The monoisotopic (exact) mass is 365 g/mol. The number of piperidine rings is 1. The molecule has 0 saturated carbocycles. The van der Waals surface area contributed by atoms with E-state index in [4.69, 9.17) is 5.21 Å². The van der Waals surface area contributed by atoms with Crippen LogP contribution in [0.2, 0.25) is 0 Å². The number of unbranched alkanes of at least 4 members (excludes halogenated alkanes) is 3. The Morgan fingerprint density at radius 2 is 1.92 bits per heavy atom. The quantitative estimate of drug-likeness (QED) is 0.289. The maximum absolute atomic E-state index is 12.3. The van der Waals surface area contributed by atoms with Gasteiger partial charge in [-0.15, -0.1) is 0 Å². The van der Waals surface area contributed by atoms with Crippen LogP contribution in [0.5, 0.6) is 0 Å². The molecule has 9 nitrogen and oxygen atoms in total. The van der Waals surface area contributed by atoms with Crippen molar-refractivity contribution in [3.8, 4) is 0 Å². The maximum Gasteiger partial charge on any atom is 0.268 e. The minimum absolute atomic E-state index is 0.127. The predicted octanol–water partition coefficient (Wildman–Crippen LogP) is 0.793. The van der Waals surface area contributed by atoms with Crippen LogP contribution in [0.1, 0.15) is 61.7 Å². The van der Waals surface area contributed by atoms with Crippen LogP contribution in [0, 0.1) is 0 Å². The Morgan fingerprint density at radius 3 is 2.65 bits per heavy atom. The van der Waals surface area contributed by atoms with Crippen LogP contribution >= 0.6 is 0 Å². The second-order valence-corrected chi connectivity index (χ2v) is 6.53. The normalized spacial score (nSPS) is 20.5. The summed E-state index contributed by atoms with van der Waals surface area (Å²) in [5.74, 6) is -0.647. The van der Waals surface area contributed by atoms with Crippen LogP contribution in [-0.2, 0) is 4.79 Å². The molecule has 0 spiro atoms. The van der Waals surface area contributed by atoms with E-state index in [0.717, 1.165) is 38.5 Å². The van der Waals surface area contributed by atoms with Crippen LogP contribution < -0.4 is 10.9 Å². The number of nitrogens with zero attached hydrogens (tertiary/aromatic N) is 3. The van der Waals surface area contributed by atoms with Crippen molar-refractivity contribution in [2.24, 2.45) is 0 Å². The lowest BCUT2D eigenvalue weighted by molar-refractivity contribution is -0.129. The molecule has 2 atom stereocenters. The summed E-state index contributed by atoms with van der Waals surface area (Å²) in [5, 5.41) is 20.6. The van der Waals surface area contributed by atoms with Crippen molar-refractivity contribution >= 4 is 11.8 Å². The molecule has 1 aromatic heterocycles. The number of carbonyl (C=O) groups excluding carboxylic acids is 2. The molecule has 1 aliphatic rings. The number of nitrogens with one attached hydrogen (secondary N) is 2. The number of carbonyl (C=O) groups is 2. The highest BCUT2D eigenvalue weighted by molar-refractivity contribution is 5.93. The van der Waals surface area contributed by atoms with E-state index < -0.39 is 6.10 Å². The number of hydrazine groups is 1. The fourth-order valence-corrected chi connectivity index (χ4v) is 3.18. The van der Waals surface area contributed by atoms with E-state index in [1.807, 2.05) is 5.01 Å². The van der Waals surface area contributed by atoms with Crippen molar-refractivity contribution in [3.05, 3.63) is 24.3 Å². The number of hydroxylamine groups is 1.